The summed E-state index contributed by atoms with van der Waals surface area (Å²) >= 11 is 0. The van der Waals surface area contributed by atoms with E-state index < -0.39 is 0 Å². The third-order valence-corrected chi connectivity index (χ3v) is 5.75. The average molecular weight is 380 g/mol. The minimum Gasteiger partial charge on any atom is -0.367 e. The minimum atomic E-state index is 0.00783. The van der Waals surface area contributed by atoms with Crippen LogP contribution in [0, 0.1) is 0 Å². The van der Waals surface area contributed by atoms with Crippen molar-refractivity contribution in [2.75, 3.05) is 31.5 Å². The fourth-order valence-corrected chi connectivity index (χ4v) is 4.12. The zero-order valence-electron chi connectivity index (χ0n) is 16.4. The Morgan fingerprint density at radius 3 is 2.50 bits per heavy atom. The van der Waals surface area contributed by atoms with E-state index in [1.165, 1.54) is 44.0 Å². The van der Waals surface area contributed by atoms with Gasteiger partial charge in [-0.2, -0.15) is 0 Å². The molecule has 0 unspecified atom stereocenters. The van der Waals surface area contributed by atoms with Crippen molar-refractivity contribution in [1.82, 2.24) is 19.8 Å². The Labute approximate surface area is 167 Å². The van der Waals surface area contributed by atoms with Crippen LogP contribution >= 0.6 is 0 Å². The van der Waals surface area contributed by atoms with E-state index in [4.69, 9.17) is 0 Å². The Balaban J connectivity index is 1.31. The first kappa shape index (κ1) is 18.9. The molecule has 0 atom stereocenters. The Kier molecular flexibility index (Phi) is 6.17. The molecule has 148 valence electrons. The number of nitrogens with one attached hydrogen (secondary N) is 1. The molecule has 1 aliphatic carbocycles. The zero-order chi connectivity index (χ0) is 19.2. The number of nitrogens with zero attached hydrogens (tertiary/aromatic N) is 4. The van der Waals surface area contributed by atoms with Gasteiger partial charge in [0.1, 0.15) is 17.8 Å². The molecule has 4 rings (SSSR count). The van der Waals surface area contributed by atoms with Crippen molar-refractivity contribution in [3.8, 4) is 0 Å². The standard InChI is InChI=1S/C22H29N5O/c28-22(20-15-21(24-17-23-20)25-19-9-5-2-6-10-19)27-13-11-26(12-14-27)16-18-7-3-1-4-8-18/h1,3-4,7-8,15,17,19H,2,5-6,9-14,16H2,(H,23,24,25). The number of aromatic nitrogens is 2. The van der Waals surface area contributed by atoms with Crippen LogP contribution in [-0.4, -0.2) is 57.9 Å². The van der Waals surface area contributed by atoms with Gasteiger partial charge in [-0.25, -0.2) is 9.97 Å². The fourth-order valence-electron chi connectivity index (χ4n) is 4.12. The number of hydrogen-bond donors (Lipinski definition) is 1. The number of piperazine rings is 1. The molecule has 1 amide bonds. The van der Waals surface area contributed by atoms with Crippen LogP contribution < -0.4 is 5.32 Å². The van der Waals surface area contributed by atoms with E-state index in [2.05, 4.69) is 44.5 Å². The summed E-state index contributed by atoms with van der Waals surface area (Å²) in [5, 5.41) is 3.48. The summed E-state index contributed by atoms with van der Waals surface area (Å²) in [6, 6.07) is 12.8. The van der Waals surface area contributed by atoms with Gasteiger partial charge in [0, 0.05) is 44.8 Å². The van der Waals surface area contributed by atoms with Gasteiger partial charge < -0.3 is 10.2 Å². The number of carbonyl (C=O) groups is 1. The molecule has 1 N–H and O–H groups in total. The highest BCUT2D eigenvalue weighted by molar-refractivity contribution is 5.93. The van der Waals surface area contributed by atoms with Gasteiger partial charge in [0.25, 0.3) is 5.91 Å². The van der Waals surface area contributed by atoms with E-state index in [-0.39, 0.29) is 5.91 Å². The van der Waals surface area contributed by atoms with Gasteiger partial charge in [-0.15, -0.1) is 0 Å². The van der Waals surface area contributed by atoms with Crippen LogP contribution in [0.4, 0.5) is 5.82 Å². The van der Waals surface area contributed by atoms with Crippen LogP contribution in [0.1, 0.15) is 48.2 Å². The smallest absolute Gasteiger partial charge is 0.272 e. The lowest BCUT2D eigenvalue weighted by Gasteiger charge is -2.34. The molecular formula is C22H29N5O. The predicted molar refractivity (Wildman–Crippen MR) is 110 cm³/mol. The van der Waals surface area contributed by atoms with Crippen LogP contribution in [0.5, 0.6) is 0 Å². The zero-order valence-corrected chi connectivity index (χ0v) is 16.4. The second-order valence-electron chi connectivity index (χ2n) is 7.82. The summed E-state index contributed by atoms with van der Waals surface area (Å²) < 4.78 is 0. The van der Waals surface area contributed by atoms with Gasteiger partial charge >= 0.3 is 0 Å². The number of benzene rings is 1. The molecule has 2 heterocycles. The Hall–Kier alpha value is -2.47. The molecule has 28 heavy (non-hydrogen) atoms. The first-order valence-electron chi connectivity index (χ1n) is 10.4. The molecule has 0 spiro atoms. The maximum Gasteiger partial charge on any atom is 0.272 e. The van der Waals surface area contributed by atoms with E-state index in [9.17, 15) is 4.79 Å². The summed E-state index contributed by atoms with van der Waals surface area (Å²) in [5.41, 5.74) is 1.81. The van der Waals surface area contributed by atoms with Crippen molar-refractivity contribution in [2.24, 2.45) is 0 Å². The number of carbonyl (C=O) groups excluding carboxylic acids is 1. The quantitative estimate of drug-likeness (QED) is 0.865. The maximum atomic E-state index is 12.9. The van der Waals surface area contributed by atoms with Crippen molar-refractivity contribution < 1.29 is 4.79 Å². The molecule has 1 saturated carbocycles. The molecule has 6 heteroatoms. The molecule has 2 aliphatic rings. The first-order valence-corrected chi connectivity index (χ1v) is 10.4. The second kappa shape index (κ2) is 9.15. The fraction of sp³-hybridized carbons (Fsp3) is 0.500. The third kappa shape index (κ3) is 4.87. The third-order valence-electron chi connectivity index (χ3n) is 5.75. The van der Waals surface area contributed by atoms with E-state index in [0.29, 0.717) is 11.7 Å². The summed E-state index contributed by atoms with van der Waals surface area (Å²) in [5.74, 6) is 0.779. The summed E-state index contributed by atoms with van der Waals surface area (Å²) in [7, 11) is 0. The van der Waals surface area contributed by atoms with Gasteiger partial charge in [0.05, 0.1) is 0 Å². The summed E-state index contributed by atoms with van der Waals surface area (Å²) in [6.45, 7) is 4.19. The average Bonchev–Trinajstić information content (AvgIpc) is 2.75. The van der Waals surface area contributed by atoms with E-state index in [0.717, 1.165) is 38.5 Å². The van der Waals surface area contributed by atoms with Crippen LogP contribution in [0.25, 0.3) is 0 Å². The van der Waals surface area contributed by atoms with Crippen molar-refractivity contribution in [1.29, 1.82) is 0 Å². The van der Waals surface area contributed by atoms with Crippen LogP contribution in [0.15, 0.2) is 42.7 Å². The molecule has 1 aromatic carbocycles. The molecule has 0 bridgehead atoms. The first-order chi connectivity index (χ1) is 13.8. The summed E-state index contributed by atoms with van der Waals surface area (Å²) in [4.78, 5) is 25.8. The van der Waals surface area contributed by atoms with Crippen molar-refractivity contribution in [2.45, 2.75) is 44.7 Å². The Bertz CT molecular complexity index is 768. The molecule has 1 aliphatic heterocycles. The molecule has 1 saturated heterocycles. The van der Waals surface area contributed by atoms with Crippen molar-refractivity contribution in [3.05, 3.63) is 54.0 Å². The van der Waals surface area contributed by atoms with Crippen molar-refractivity contribution in [3.63, 3.8) is 0 Å². The van der Waals surface area contributed by atoms with E-state index in [1.807, 2.05) is 17.0 Å². The monoisotopic (exact) mass is 379 g/mol. The van der Waals surface area contributed by atoms with Crippen LogP contribution in [0.2, 0.25) is 0 Å². The van der Waals surface area contributed by atoms with Crippen molar-refractivity contribution >= 4 is 11.7 Å². The van der Waals surface area contributed by atoms with Crippen LogP contribution in [0.3, 0.4) is 0 Å². The minimum absolute atomic E-state index is 0.00783. The molecule has 2 fully saturated rings. The number of amides is 1. The molecule has 6 nitrogen and oxygen atoms in total. The highest BCUT2D eigenvalue weighted by Crippen LogP contribution is 2.21. The highest BCUT2D eigenvalue weighted by Gasteiger charge is 2.23. The molecule has 0 radical (unpaired) electrons. The largest absolute Gasteiger partial charge is 0.367 e. The van der Waals surface area contributed by atoms with Gasteiger partial charge in [-0.1, -0.05) is 49.6 Å². The van der Waals surface area contributed by atoms with Gasteiger partial charge in [0.2, 0.25) is 0 Å². The lowest BCUT2D eigenvalue weighted by atomic mass is 9.95. The summed E-state index contributed by atoms with van der Waals surface area (Å²) in [6.07, 6.45) is 7.71. The second-order valence-corrected chi connectivity index (χ2v) is 7.82. The van der Waals surface area contributed by atoms with E-state index in [1.54, 1.807) is 0 Å². The normalized spacial score (nSPS) is 18.8. The van der Waals surface area contributed by atoms with E-state index >= 15 is 0 Å². The molecule has 2 aromatic rings. The van der Waals surface area contributed by atoms with Crippen LogP contribution in [-0.2, 0) is 6.54 Å². The molecular weight excluding hydrogens is 350 g/mol. The Morgan fingerprint density at radius 2 is 1.75 bits per heavy atom. The maximum absolute atomic E-state index is 12.9. The lowest BCUT2D eigenvalue weighted by molar-refractivity contribution is 0.0622. The highest BCUT2D eigenvalue weighted by atomic mass is 16.2. The van der Waals surface area contributed by atoms with Gasteiger partial charge in [-0.05, 0) is 18.4 Å². The van der Waals surface area contributed by atoms with Gasteiger partial charge in [-0.3, -0.25) is 9.69 Å². The van der Waals surface area contributed by atoms with Gasteiger partial charge in [0.15, 0.2) is 0 Å². The molecule has 1 aromatic heterocycles. The topological polar surface area (TPSA) is 61.4 Å². The SMILES string of the molecule is O=C(c1cc(NC2CCCCC2)ncn1)N1CCN(Cc2ccccc2)CC1. The Morgan fingerprint density at radius 1 is 1.00 bits per heavy atom. The number of rotatable bonds is 5. The number of anilines is 1. The number of hydrogen-bond acceptors (Lipinski definition) is 5. The predicted octanol–water partition coefficient (Wildman–Crippen LogP) is 3.18. The lowest BCUT2D eigenvalue weighted by Crippen LogP contribution is -2.48.